The van der Waals surface area contributed by atoms with E-state index in [9.17, 15) is 34.2 Å². The predicted molar refractivity (Wildman–Crippen MR) is 170 cm³/mol. The van der Waals surface area contributed by atoms with Gasteiger partial charge < -0.3 is 34.6 Å². The standard InChI is InChI=1S/C33H35ClFN5O8/c1-4-33(47)21-11-25-30-19(13-40(25)31(45)20(21)15-48-32(33)46)28-23(6-5-18-27(28)24(37-30)12-22(35)29(18)34)36-26(44)14-39(17(3)43)8-7-38(9-10-41)16(2)42/h11-12,23,41,47H,4-10,13-15H2,1-3H3,(H,36,44)/t23-,33-/m0/s1. The van der Waals surface area contributed by atoms with E-state index < -0.39 is 34.9 Å². The van der Waals surface area contributed by atoms with Crippen LogP contribution in [0.5, 0.6) is 0 Å². The van der Waals surface area contributed by atoms with E-state index >= 15 is 4.39 Å². The monoisotopic (exact) mass is 683 g/mol. The molecular weight excluding hydrogens is 649 g/mol. The molecule has 1 aliphatic carbocycles. The van der Waals surface area contributed by atoms with E-state index in [0.717, 1.165) is 0 Å². The third kappa shape index (κ3) is 5.41. The highest BCUT2D eigenvalue weighted by molar-refractivity contribution is 6.32. The number of hydrogen-bond donors (Lipinski definition) is 3. The number of aliphatic hydroxyl groups excluding tert-OH is 1. The molecule has 0 saturated carbocycles. The van der Waals surface area contributed by atoms with Crippen LogP contribution in [0.4, 0.5) is 4.39 Å². The van der Waals surface area contributed by atoms with Gasteiger partial charge in [0, 0.05) is 56.1 Å². The number of aryl methyl sites for hydroxylation is 1. The summed E-state index contributed by atoms with van der Waals surface area (Å²) in [6, 6.07) is 2.14. The fourth-order valence-electron chi connectivity index (χ4n) is 7.05. The predicted octanol–water partition coefficient (Wildman–Crippen LogP) is 1.66. The summed E-state index contributed by atoms with van der Waals surface area (Å²) in [6.45, 7) is 3.77. The molecule has 2 aliphatic heterocycles. The number of rotatable bonds is 9. The Labute approximate surface area is 279 Å². The number of esters is 1. The van der Waals surface area contributed by atoms with Gasteiger partial charge in [-0.3, -0.25) is 19.2 Å². The topological polar surface area (TPSA) is 171 Å². The summed E-state index contributed by atoms with van der Waals surface area (Å²) in [5.74, 6) is -2.65. The number of carbonyl (C=O) groups is 4. The van der Waals surface area contributed by atoms with Crippen LogP contribution in [0.2, 0.25) is 5.02 Å². The van der Waals surface area contributed by atoms with Gasteiger partial charge in [0.15, 0.2) is 5.60 Å². The Bertz CT molecular complexity index is 1960. The smallest absolute Gasteiger partial charge is 0.343 e. The molecule has 1 aromatic carbocycles. The van der Waals surface area contributed by atoms with Crippen LogP contribution in [-0.4, -0.2) is 86.0 Å². The van der Waals surface area contributed by atoms with Gasteiger partial charge in [-0.25, -0.2) is 14.2 Å². The number of benzene rings is 1. The number of amides is 3. The zero-order chi connectivity index (χ0) is 34.7. The molecule has 0 fully saturated rings. The number of aliphatic hydroxyl groups is 2. The second-order valence-corrected chi connectivity index (χ2v) is 12.7. The molecular formula is C33H35ClFN5O8. The molecule has 254 valence electrons. The van der Waals surface area contributed by atoms with Gasteiger partial charge in [0.05, 0.1) is 53.2 Å². The Hall–Kier alpha value is -4.40. The van der Waals surface area contributed by atoms with E-state index in [1.54, 1.807) is 13.0 Å². The molecule has 13 nitrogen and oxygen atoms in total. The molecule has 0 radical (unpaired) electrons. The Balaban J connectivity index is 1.40. The lowest BCUT2D eigenvalue weighted by Crippen LogP contribution is -2.45. The van der Waals surface area contributed by atoms with Gasteiger partial charge in [-0.2, -0.15) is 0 Å². The van der Waals surface area contributed by atoms with E-state index in [1.165, 1.54) is 34.3 Å². The van der Waals surface area contributed by atoms with Gasteiger partial charge in [-0.15, -0.1) is 0 Å². The maximum absolute atomic E-state index is 15.1. The second kappa shape index (κ2) is 12.6. The van der Waals surface area contributed by atoms with Gasteiger partial charge in [-0.1, -0.05) is 18.5 Å². The molecule has 3 N–H and O–H groups in total. The lowest BCUT2D eigenvalue weighted by molar-refractivity contribution is -0.172. The third-order valence-corrected chi connectivity index (χ3v) is 10.0. The zero-order valence-corrected chi connectivity index (χ0v) is 27.4. The van der Waals surface area contributed by atoms with Crippen molar-refractivity contribution in [1.29, 1.82) is 0 Å². The van der Waals surface area contributed by atoms with Crippen molar-refractivity contribution in [2.75, 3.05) is 32.8 Å². The maximum atomic E-state index is 15.1. The quantitative estimate of drug-likeness (QED) is 0.222. The fourth-order valence-corrected chi connectivity index (χ4v) is 7.29. The number of ether oxygens (including phenoxy) is 1. The minimum Gasteiger partial charge on any atom is -0.458 e. The Morgan fingerprint density at radius 1 is 1.12 bits per heavy atom. The summed E-state index contributed by atoms with van der Waals surface area (Å²) < 4.78 is 21.7. The summed E-state index contributed by atoms with van der Waals surface area (Å²) in [5.41, 5.74) is 0.504. The molecule has 0 bridgehead atoms. The van der Waals surface area contributed by atoms with E-state index in [4.69, 9.17) is 21.3 Å². The molecule has 3 aliphatic rings. The number of hydrogen-bond acceptors (Lipinski definition) is 9. The molecule has 15 heteroatoms. The van der Waals surface area contributed by atoms with Crippen LogP contribution < -0.4 is 10.9 Å². The van der Waals surface area contributed by atoms with Crippen LogP contribution in [0.3, 0.4) is 0 Å². The summed E-state index contributed by atoms with van der Waals surface area (Å²) in [4.78, 5) is 71.8. The van der Waals surface area contributed by atoms with Crippen LogP contribution >= 0.6 is 11.6 Å². The maximum Gasteiger partial charge on any atom is 0.343 e. The molecule has 6 rings (SSSR count). The van der Waals surface area contributed by atoms with Crippen molar-refractivity contribution in [2.45, 2.75) is 64.8 Å². The van der Waals surface area contributed by atoms with E-state index in [0.29, 0.717) is 46.3 Å². The minimum atomic E-state index is -2.03. The highest BCUT2D eigenvalue weighted by atomic mass is 35.5. The number of nitrogens with zero attached hydrogens (tertiary/aromatic N) is 4. The van der Waals surface area contributed by atoms with Crippen LogP contribution in [-0.2, 0) is 49.1 Å². The molecule has 4 heterocycles. The molecule has 3 amide bonds. The van der Waals surface area contributed by atoms with Crippen molar-refractivity contribution >= 4 is 46.2 Å². The summed E-state index contributed by atoms with van der Waals surface area (Å²) in [5, 5.41) is 24.1. The molecule has 48 heavy (non-hydrogen) atoms. The molecule has 3 aromatic rings. The Kier molecular flexibility index (Phi) is 8.77. The van der Waals surface area contributed by atoms with Crippen molar-refractivity contribution in [3.05, 3.63) is 61.1 Å². The number of aromatic nitrogens is 2. The van der Waals surface area contributed by atoms with Gasteiger partial charge in [0.2, 0.25) is 17.7 Å². The summed E-state index contributed by atoms with van der Waals surface area (Å²) in [6.07, 6.45) is 0.625. The lowest BCUT2D eigenvalue weighted by Gasteiger charge is -2.31. The zero-order valence-electron chi connectivity index (χ0n) is 26.7. The third-order valence-electron chi connectivity index (χ3n) is 9.61. The van der Waals surface area contributed by atoms with Crippen LogP contribution in [0.1, 0.15) is 67.5 Å². The van der Waals surface area contributed by atoms with Gasteiger partial charge in [-0.05, 0) is 36.5 Å². The average molecular weight is 684 g/mol. The number of halogens is 2. The number of carbonyl (C=O) groups excluding carboxylic acids is 4. The average Bonchev–Trinajstić information content (AvgIpc) is 3.42. The van der Waals surface area contributed by atoms with Crippen molar-refractivity contribution in [3.63, 3.8) is 0 Å². The first-order valence-corrected chi connectivity index (χ1v) is 16.1. The van der Waals surface area contributed by atoms with Crippen LogP contribution in [0, 0.1) is 5.82 Å². The normalized spacial score (nSPS) is 18.9. The first kappa shape index (κ1) is 33.5. The van der Waals surface area contributed by atoms with Crippen molar-refractivity contribution in [2.24, 2.45) is 0 Å². The minimum absolute atomic E-state index is 0.0301. The first-order chi connectivity index (χ1) is 22.8. The highest BCUT2D eigenvalue weighted by Gasteiger charge is 2.46. The molecule has 0 saturated heterocycles. The number of pyridine rings is 2. The number of nitrogens with one attached hydrogen (secondary N) is 1. The highest BCUT2D eigenvalue weighted by Crippen LogP contribution is 2.46. The van der Waals surface area contributed by atoms with Crippen molar-refractivity contribution < 1.29 is 38.5 Å². The van der Waals surface area contributed by atoms with E-state index in [2.05, 4.69) is 5.32 Å². The van der Waals surface area contributed by atoms with Gasteiger partial charge in [0.1, 0.15) is 12.4 Å². The van der Waals surface area contributed by atoms with Crippen molar-refractivity contribution in [1.82, 2.24) is 24.7 Å². The number of fused-ring (bicyclic) bond motifs is 5. The van der Waals surface area contributed by atoms with Gasteiger partial charge >= 0.3 is 5.97 Å². The Morgan fingerprint density at radius 3 is 2.50 bits per heavy atom. The first-order valence-electron chi connectivity index (χ1n) is 15.7. The van der Waals surface area contributed by atoms with E-state index in [1.807, 2.05) is 0 Å². The fraction of sp³-hybridized carbons (Fsp3) is 0.455. The van der Waals surface area contributed by atoms with Crippen molar-refractivity contribution in [3.8, 4) is 11.4 Å². The lowest BCUT2D eigenvalue weighted by atomic mass is 9.83. The largest absolute Gasteiger partial charge is 0.458 e. The second-order valence-electron chi connectivity index (χ2n) is 12.3. The van der Waals surface area contributed by atoms with Gasteiger partial charge in [0.25, 0.3) is 5.56 Å². The SMILES string of the molecule is CC[C@@]1(O)C(=O)OCc2c1cc1n(c2=O)Cc2c-1nc1cc(F)c(Cl)c3c1c2[C@@H](NC(=O)CN(CCN(CCO)C(C)=O)C(C)=O)CC3. The Morgan fingerprint density at radius 2 is 1.83 bits per heavy atom. The molecule has 0 unspecified atom stereocenters. The van der Waals surface area contributed by atoms with E-state index in [-0.39, 0.29) is 85.8 Å². The molecule has 2 atom stereocenters. The number of cyclic esters (lactones) is 1. The summed E-state index contributed by atoms with van der Waals surface area (Å²) >= 11 is 6.45. The molecule has 2 aromatic heterocycles. The van der Waals surface area contributed by atoms with Crippen LogP contribution in [0.25, 0.3) is 22.3 Å². The van der Waals surface area contributed by atoms with Crippen LogP contribution in [0.15, 0.2) is 16.9 Å². The summed E-state index contributed by atoms with van der Waals surface area (Å²) in [7, 11) is 0. The molecule has 0 spiro atoms.